The highest BCUT2D eigenvalue weighted by Gasteiger charge is 2.41. The topological polar surface area (TPSA) is 73.0 Å². The van der Waals surface area contributed by atoms with Gasteiger partial charge in [-0.25, -0.2) is 0 Å². The molecule has 1 aromatic heterocycles. The van der Waals surface area contributed by atoms with Gasteiger partial charge in [-0.1, -0.05) is 48.0 Å². The monoisotopic (exact) mass is 558 g/mol. The number of thiophene rings is 1. The van der Waals surface area contributed by atoms with Gasteiger partial charge in [0.05, 0.1) is 0 Å². The lowest BCUT2D eigenvalue weighted by Gasteiger charge is -2.39. The summed E-state index contributed by atoms with van der Waals surface area (Å²) in [5.74, 6) is -0.619. The van der Waals surface area contributed by atoms with Crippen molar-refractivity contribution in [1.29, 1.82) is 0 Å². The summed E-state index contributed by atoms with van der Waals surface area (Å²) in [4.78, 5) is 46.1. The lowest BCUT2D eigenvalue weighted by atomic mass is 9.97. The fourth-order valence-electron chi connectivity index (χ4n) is 5.75. The van der Waals surface area contributed by atoms with Gasteiger partial charge in [-0.3, -0.25) is 19.3 Å². The maximum Gasteiger partial charge on any atom is 0.246 e. The number of piperazine rings is 1. The Morgan fingerprint density at radius 1 is 0.925 bits per heavy atom. The molecule has 40 heavy (non-hydrogen) atoms. The standard InChI is InChI=1S/C32H38N4O3S/c1-23-9-10-25(24(2)20-23)21-29(36-30(37)11-12-31(36)38)32(39)35-17-15-34(16-18-35)28-8-4-3-6-26(28)22-33-14-13-27-7-5-19-40-27/h3-10,19-20,29,33H,11-18,21-22H2,1-2H3. The summed E-state index contributed by atoms with van der Waals surface area (Å²) in [5.41, 5.74) is 5.65. The molecule has 0 radical (unpaired) electrons. The number of imide groups is 1. The first-order valence-corrected chi connectivity index (χ1v) is 15.0. The summed E-state index contributed by atoms with van der Waals surface area (Å²) in [6, 6.07) is 18.0. The molecule has 3 amide bonds. The highest BCUT2D eigenvalue weighted by molar-refractivity contribution is 7.09. The minimum Gasteiger partial charge on any atom is -0.368 e. The summed E-state index contributed by atoms with van der Waals surface area (Å²) in [6.45, 7) is 8.28. The van der Waals surface area contributed by atoms with Crippen LogP contribution in [0.2, 0.25) is 0 Å². The number of carbonyl (C=O) groups excluding carboxylic acids is 3. The zero-order valence-electron chi connectivity index (χ0n) is 23.4. The Morgan fingerprint density at radius 3 is 2.38 bits per heavy atom. The van der Waals surface area contributed by atoms with Gasteiger partial charge < -0.3 is 15.1 Å². The van der Waals surface area contributed by atoms with Crippen LogP contribution in [0.15, 0.2) is 60.0 Å². The van der Waals surface area contributed by atoms with E-state index in [0.29, 0.717) is 32.6 Å². The number of para-hydroxylation sites is 1. The fourth-order valence-corrected chi connectivity index (χ4v) is 6.46. The number of aryl methyl sites for hydroxylation is 2. The lowest BCUT2D eigenvalue weighted by molar-refractivity contribution is -0.150. The first kappa shape index (κ1) is 28.1. The van der Waals surface area contributed by atoms with Crippen LogP contribution in [0, 0.1) is 13.8 Å². The van der Waals surface area contributed by atoms with E-state index < -0.39 is 6.04 Å². The third-order valence-corrected chi connectivity index (χ3v) is 8.90. The van der Waals surface area contributed by atoms with Crippen molar-refractivity contribution < 1.29 is 14.4 Å². The minimum absolute atomic E-state index is 0.133. The number of carbonyl (C=O) groups is 3. The number of nitrogens with one attached hydrogen (secondary N) is 1. The molecule has 2 aliphatic heterocycles. The Balaban J connectivity index is 1.24. The number of anilines is 1. The summed E-state index contributed by atoms with van der Waals surface area (Å²) in [7, 11) is 0. The van der Waals surface area contributed by atoms with Crippen molar-refractivity contribution in [3.63, 3.8) is 0 Å². The molecule has 210 valence electrons. The second-order valence-corrected chi connectivity index (χ2v) is 11.8. The molecule has 0 saturated carbocycles. The first-order chi connectivity index (χ1) is 19.4. The molecule has 0 bridgehead atoms. The lowest BCUT2D eigenvalue weighted by Crippen LogP contribution is -2.56. The number of benzene rings is 2. The second-order valence-electron chi connectivity index (χ2n) is 10.8. The van der Waals surface area contributed by atoms with Gasteiger partial charge in [-0.05, 0) is 54.5 Å². The fraction of sp³-hybridized carbons (Fsp3) is 0.406. The van der Waals surface area contributed by atoms with Gasteiger partial charge in [-0.15, -0.1) is 11.3 Å². The Kier molecular flexibility index (Phi) is 8.97. The van der Waals surface area contributed by atoms with Crippen molar-refractivity contribution in [2.75, 3.05) is 37.6 Å². The first-order valence-electron chi connectivity index (χ1n) is 14.2. The van der Waals surface area contributed by atoms with Gasteiger partial charge in [0.15, 0.2) is 0 Å². The van der Waals surface area contributed by atoms with Crippen LogP contribution < -0.4 is 10.2 Å². The quantitative estimate of drug-likeness (QED) is 0.300. The summed E-state index contributed by atoms with van der Waals surface area (Å²) < 4.78 is 0. The van der Waals surface area contributed by atoms with E-state index in [2.05, 4.69) is 58.1 Å². The third kappa shape index (κ3) is 6.45. The van der Waals surface area contributed by atoms with Crippen molar-refractivity contribution in [1.82, 2.24) is 15.1 Å². The molecule has 1 atom stereocenters. The molecule has 5 rings (SSSR count). The molecule has 0 spiro atoms. The van der Waals surface area contributed by atoms with Crippen LogP contribution in [-0.2, 0) is 33.8 Å². The molecule has 7 nitrogen and oxygen atoms in total. The highest BCUT2D eigenvalue weighted by Crippen LogP contribution is 2.25. The van der Waals surface area contributed by atoms with Crippen LogP contribution in [-0.4, -0.2) is 66.3 Å². The number of hydrogen-bond donors (Lipinski definition) is 1. The van der Waals surface area contributed by atoms with Crippen LogP contribution >= 0.6 is 11.3 Å². The van der Waals surface area contributed by atoms with Gasteiger partial charge in [0.2, 0.25) is 17.7 Å². The Hall–Kier alpha value is -3.49. The third-order valence-electron chi connectivity index (χ3n) is 7.97. The number of rotatable bonds is 10. The zero-order valence-corrected chi connectivity index (χ0v) is 24.2. The molecule has 2 saturated heterocycles. The van der Waals surface area contributed by atoms with Gasteiger partial charge in [0.25, 0.3) is 0 Å². The number of amides is 3. The Bertz CT molecular complexity index is 1330. The maximum absolute atomic E-state index is 13.9. The molecule has 1 N–H and O–H groups in total. The predicted octanol–water partition coefficient (Wildman–Crippen LogP) is 4.11. The average Bonchev–Trinajstić information content (AvgIpc) is 3.60. The van der Waals surface area contributed by atoms with Gasteiger partial charge >= 0.3 is 0 Å². The van der Waals surface area contributed by atoms with Crippen LogP contribution in [0.25, 0.3) is 0 Å². The number of hydrogen-bond acceptors (Lipinski definition) is 6. The molecular formula is C32H38N4O3S. The van der Waals surface area contributed by atoms with Crippen LogP contribution in [0.3, 0.4) is 0 Å². The average molecular weight is 559 g/mol. The van der Waals surface area contributed by atoms with E-state index >= 15 is 0 Å². The highest BCUT2D eigenvalue weighted by atomic mass is 32.1. The molecule has 0 aliphatic carbocycles. The van der Waals surface area contributed by atoms with Crippen LogP contribution in [0.5, 0.6) is 0 Å². The van der Waals surface area contributed by atoms with Crippen molar-refractivity contribution >= 4 is 34.7 Å². The summed E-state index contributed by atoms with van der Waals surface area (Å²) in [6.07, 6.45) is 1.73. The molecule has 2 aromatic carbocycles. The Labute approximate surface area is 240 Å². The van der Waals surface area contributed by atoms with E-state index in [9.17, 15) is 14.4 Å². The largest absolute Gasteiger partial charge is 0.368 e. The molecule has 3 aromatic rings. The van der Waals surface area contributed by atoms with Crippen molar-refractivity contribution in [2.24, 2.45) is 0 Å². The molecule has 1 unspecified atom stereocenters. The maximum atomic E-state index is 13.9. The van der Waals surface area contributed by atoms with Gasteiger partial charge in [0, 0.05) is 69.1 Å². The van der Waals surface area contributed by atoms with E-state index in [1.165, 1.54) is 21.0 Å². The molecule has 2 fully saturated rings. The minimum atomic E-state index is -0.796. The van der Waals surface area contributed by atoms with Crippen LogP contribution in [0.1, 0.15) is 40.0 Å². The van der Waals surface area contributed by atoms with E-state index in [1.54, 1.807) is 11.3 Å². The van der Waals surface area contributed by atoms with Gasteiger partial charge in [0.1, 0.15) is 6.04 Å². The van der Waals surface area contributed by atoms with E-state index in [0.717, 1.165) is 36.2 Å². The molecule has 2 aliphatic rings. The Morgan fingerprint density at radius 2 is 1.68 bits per heavy atom. The van der Waals surface area contributed by atoms with Crippen molar-refractivity contribution in [3.8, 4) is 0 Å². The molecule has 3 heterocycles. The number of nitrogens with zero attached hydrogens (tertiary/aromatic N) is 3. The predicted molar refractivity (Wildman–Crippen MR) is 159 cm³/mol. The second kappa shape index (κ2) is 12.8. The normalized spacial score (nSPS) is 16.6. The SMILES string of the molecule is Cc1ccc(CC(C(=O)N2CCN(c3ccccc3CNCCc3cccs3)CC2)N2C(=O)CCC2=O)c(C)c1. The van der Waals surface area contributed by atoms with Crippen molar-refractivity contribution in [3.05, 3.63) is 87.1 Å². The smallest absolute Gasteiger partial charge is 0.246 e. The van der Waals surface area contributed by atoms with E-state index in [1.807, 2.05) is 30.9 Å². The summed E-state index contributed by atoms with van der Waals surface area (Å²) in [5, 5.41) is 5.69. The van der Waals surface area contributed by atoms with Crippen LogP contribution in [0.4, 0.5) is 5.69 Å². The summed E-state index contributed by atoms with van der Waals surface area (Å²) >= 11 is 1.79. The van der Waals surface area contributed by atoms with E-state index in [-0.39, 0.29) is 30.6 Å². The molecule has 8 heteroatoms. The zero-order chi connectivity index (χ0) is 28.1. The number of likely N-dealkylation sites (tertiary alicyclic amines) is 1. The molecular weight excluding hydrogens is 520 g/mol. The van der Waals surface area contributed by atoms with E-state index in [4.69, 9.17) is 0 Å². The van der Waals surface area contributed by atoms with Gasteiger partial charge in [-0.2, -0.15) is 0 Å². The van der Waals surface area contributed by atoms with Crippen molar-refractivity contribution in [2.45, 2.75) is 52.1 Å².